The summed E-state index contributed by atoms with van der Waals surface area (Å²) in [6, 6.07) is 12.9. The largest absolute Gasteiger partial charge is 0.312 e. The lowest BCUT2D eigenvalue weighted by molar-refractivity contribution is -0.126. The zero-order chi connectivity index (χ0) is 19.4. The van der Waals surface area contributed by atoms with E-state index < -0.39 is 5.92 Å². The Labute approximate surface area is 168 Å². The number of amides is 2. The molecule has 0 aliphatic carbocycles. The Morgan fingerprint density at radius 1 is 1.22 bits per heavy atom. The van der Waals surface area contributed by atoms with Crippen LogP contribution < -0.4 is 10.3 Å². The third kappa shape index (κ3) is 4.49. The highest BCUT2D eigenvalue weighted by Crippen LogP contribution is 2.26. The topological polar surface area (TPSA) is 61.8 Å². The maximum Gasteiger partial charge on any atom is 0.245 e. The van der Waals surface area contributed by atoms with E-state index in [1.807, 2.05) is 24.3 Å². The van der Waals surface area contributed by atoms with Gasteiger partial charge in [-0.3, -0.25) is 9.59 Å². The zero-order valence-corrected chi connectivity index (χ0v) is 16.3. The van der Waals surface area contributed by atoms with Crippen LogP contribution in [0.1, 0.15) is 24.5 Å². The second-order valence-electron chi connectivity index (χ2n) is 6.29. The first-order chi connectivity index (χ1) is 13.0. The maximum absolute atomic E-state index is 12.4. The Kier molecular flexibility index (Phi) is 6.14. The first-order valence-electron chi connectivity index (χ1n) is 8.65. The van der Waals surface area contributed by atoms with Crippen LogP contribution in [0.15, 0.2) is 47.6 Å². The van der Waals surface area contributed by atoms with Gasteiger partial charge in [0.1, 0.15) is 0 Å². The average Bonchev–Trinajstić information content (AvgIpc) is 3.06. The molecule has 1 aliphatic heterocycles. The van der Waals surface area contributed by atoms with Crippen molar-refractivity contribution in [3.63, 3.8) is 0 Å². The SMILES string of the molecule is CCc1ccc(N2C[C@@H](C(=O)N/N=C/c3c(Cl)cccc3Cl)CC2=O)cc1. The summed E-state index contributed by atoms with van der Waals surface area (Å²) < 4.78 is 0. The van der Waals surface area contributed by atoms with Gasteiger partial charge in [-0.05, 0) is 36.2 Å². The molecule has 1 fully saturated rings. The van der Waals surface area contributed by atoms with Gasteiger partial charge in [0.2, 0.25) is 11.8 Å². The molecule has 1 N–H and O–H groups in total. The van der Waals surface area contributed by atoms with Crippen LogP contribution in [0, 0.1) is 5.92 Å². The second kappa shape index (κ2) is 8.55. The highest BCUT2D eigenvalue weighted by molar-refractivity contribution is 6.38. The van der Waals surface area contributed by atoms with Crippen molar-refractivity contribution in [1.29, 1.82) is 0 Å². The molecule has 0 spiro atoms. The third-order valence-electron chi connectivity index (χ3n) is 4.52. The van der Waals surface area contributed by atoms with Gasteiger partial charge in [-0.2, -0.15) is 5.10 Å². The third-order valence-corrected chi connectivity index (χ3v) is 5.18. The predicted molar refractivity (Wildman–Crippen MR) is 108 cm³/mol. The molecule has 1 heterocycles. The van der Waals surface area contributed by atoms with Gasteiger partial charge in [0.15, 0.2) is 0 Å². The number of rotatable bonds is 5. The van der Waals surface area contributed by atoms with Crippen LogP contribution in [0.2, 0.25) is 10.0 Å². The molecule has 0 bridgehead atoms. The number of nitrogens with one attached hydrogen (secondary N) is 1. The molecule has 1 saturated heterocycles. The number of nitrogens with zero attached hydrogens (tertiary/aromatic N) is 2. The van der Waals surface area contributed by atoms with Gasteiger partial charge in [-0.25, -0.2) is 5.43 Å². The molecule has 0 aromatic heterocycles. The number of anilines is 1. The van der Waals surface area contributed by atoms with E-state index in [1.165, 1.54) is 11.8 Å². The molecule has 1 atom stereocenters. The van der Waals surface area contributed by atoms with Crippen molar-refractivity contribution >= 4 is 46.9 Å². The number of hydrazone groups is 1. The lowest BCUT2D eigenvalue weighted by atomic mass is 10.1. The van der Waals surface area contributed by atoms with Gasteiger partial charge in [0.05, 0.1) is 22.2 Å². The second-order valence-corrected chi connectivity index (χ2v) is 7.11. The molecule has 2 aromatic rings. The highest BCUT2D eigenvalue weighted by atomic mass is 35.5. The number of halogens is 2. The smallest absolute Gasteiger partial charge is 0.245 e. The molecule has 1 aliphatic rings. The van der Waals surface area contributed by atoms with Crippen molar-refractivity contribution in [2.75, 3.05) is 11.4 Å². The first-order valence-corrected chi connectivity index (χ1v) is 9.41. The Balaban J connectivity index is 1.62. The minimum atomic E-state index is -0.456. The molecule has 0 unspecified atom stereocenters. The minimum absolute atomic E-state index is 0.0717. The quantitative estimate of drug-likeness (QED) is 0.604. The minimum Gasteiger partial charge on any atom is -0.312 e. The number of hydrogen-bond acceptors (Lipinski definition) is 3. The molecule has 5 nitrogen and oxygen atoms in total. The van der Waals surface area contributed by atoms with E-state index >= 15 is 0 Å². The summed E-state index contributed by atoms with van der Waals surface area (Å²) in [6.07, 6.45) is 2.50. The van der Waals surface area contributed by atoms with Crippen molar-refractivity contribution < 1.29 is 9.59 Å². The molecule has 0 radical (unpaired) electrons. The van der Waals surface area contributed by atoms with E-state index in [-0.39, 0.29) is 18.2 Å². The Morgan fingerprint density at radius 3 is 2.52 bits per heavy atom. The van der Waals surface area contributed by atoms with Gasteiger partial charge >= 0.3 is 0 Å². The van der Waals surface area contributed by atoms with Gasteiger partial charge in [-0.15, -0.1) is 0 Å². The summed E-state index contributed by atoms with van der Waals surface area (Å²) in [5, 5.41) is 4.82. The zero-order valence-electron chi connectivity index (χ0n) is 14.8. The van der Waals surface area contributed by atoms with Crippen molar-refractivity contribution in [2.45, 2.75) is 19.8 Å². The van der Waals surface area contributed by atoms with E-state index in [9.17, 15) is 9.59 Å². The standard InChI is InChI=1S/C20H19Cl2N3O2/c1-2-13-6-8-15(9-7-13)25-12-14(10-19(25)26)20(27)24-23-11-16-17(21)4-3-5-18(16)22/h3-9,11,14H,2,10,12H2,1H3,(H,24,27)/b23-11+/t14-/m0/s1. The van der Waals surface area contributed by atoms with E-state index in [4.69, 9.17) is 23.2 Å². The molecule has 2 amide bonds. The van der Waals surface area contributed by atoms with E-state index in [0.717, 1.165) is 12.1 Å². The van der Waals surface area contributed by atoms with Crippen molar-refractivity contribution in [1.82, 2.24) is 5.43 Å². The summed E-state index contributed by atoms with van der Waals surface area (Å²) in [4.78, 5) is 26.3. The molecule has 2 aromatic carbocycles. The predicted octanol–water partition coefficient (Wildman–Crippen LogP) is 4.06. The Morgan fingerprint density at radius 2 is 1.89 bits per heavy atom. The van der Waals surface area contributed by atoms with Crippen LogP contribution in [0.25, 0.3) is 0 Å². The summed E-state index contributed by atoms with van der Waals surface area (Å²) in [5.41, 5.74) is 5.01. The Hall–Kier alpha value is -2.37. The normalized spacial score (nSPS) is 16.9. The van der Waals surface area contributed by atoms with E-state index in [2.05, 4.69) is 17.5 Å². The lowest BCUT2D eigenvalue weighted by Crippen LogP contribution is -2.30. The molecule has 7 heteroatoms. The lowest BCUT2D eigenvalue weighted by Gasteiger charge is -2.16. The van der Waals surface area contributed by atoms with Crippen LogP contribution in [-0.2, 0) is 16.0 Å². The summed E-state index contributed by atoms with van der Waals surface area (Å²) in [5.74, 6) is -0.838. The molecular weight excluding hydrogens is 385 g/mol. The van der Waals surface area contributed by atoms with E-state index in [0.29, 0.717) is 22.2 Å². The number of benzene rings is 2. The van der Waals surface area contributed by atoms with Crippen molar-refractivity contribution in [3.05, 3.63) is 63.6 Å². The van der Waals surface area contributed by atoms with Crippen molar-refractivity contribution in [2.24, 2.45) is 11.0 Å². The fourth-order valence-corrected chi connectivity index (χ4v) is 3.43. The highest BCUT2D eigenvalue weighted by Gasteiger charge is 2.35. The molecular formula is C20H19Cl2N3O2. The Bertz CT molecular complexity index is 861. The first kappa shape index (κ1) is 19.4. The number of carbonyl (C=O) groups excluding carboxylic acids is 2. The van der Waals surface area contributed by atoms with Crippen LogP contribution in [-0.4, -0.2) is 24.6 Å². The van der Waals surface area contributed by atoms with Gasteiger partial charge in [-0.1, -0.05) is 48.3 Å². The van der Waals surface area contributed by atoms with Crippen LogP contribution >= 0.6 is 23.2 Å². The average molecular weight is 404 g/mol. The number of aryl methyl sites for hydroxylation is 1. The fraction of sp³-hybridized carbons (Fsp3) is 0.250. The number of carbonyl (C=O) groups is 2. The van der Waals surface area contributed by atoms with Gasteiger partial charge in [0.25, 0.3) is 0 Å². The summed E-state index contributed by atoms with van der Waals surface area (Å²) in [7, 11) is 0. The van der Waals surface area contributed by atoms with Crippen LogP contribution in [0.3, 0.4) is 0 Å². The summed E-state index contributed by atoms with van der Waals surface area (Å²) in [6.45, 7) is 2.41. The molecule has 3 rings (SSSR count). The molecule has 27 heavy (non-hydrogen) atoms. The monoisotopic (exact) mass is 403 g/mol. The maximum atomic E-state index is 12.4. The molecule has 140 valence electrons. The fourth-order valence-electron chi connectivity index (χ4n) is 2.93. The molecule has 0 saturated carbocycles. The summed E-state index contributed by atoms with van der Waals surface area (Å²) >= 11 is 12.1. The van der Waals surface area contributed by atoms with Gasteiger partial charge < -0.3 is 4.90 Å². The van der Waals surface area contributed by atoms with Crippen LogP contribution in [0.5, 0.6) is 0 Å². The van der Waals surface area contributed by atoms with Gasteiger partial charge in [0, 0.05) is 24.2 Å². The van der Waals surface area contributed by atoms with E-state index in [1.54, 1.807) is 23.1 Å². The number of hydrogen-bond donors (Lipinski definition) is 1. The van der Waals surface area contributed by atoms with Crippen LogP contribution in [0.4, 0.5) is 5.69 Å². The van der Waals surface area contributed by atoms with Crippen molar-refractivity contribution in [3.8, 4) is 0 Å².